The molecule has 0 saturated heterocycles. The Hall–Kier alpha value is -3.19. The number of esters is 1. The van der Waals surface area contributed by atoms with Crippen LogP contribution in [-0.2, 0) is 20.2 Å². The first-order valence-electron chi connectivity index (χ1n) is 9.68. The van der Waals surface area contributed by atoms with Gasteiger partial charge in [-0.25, -0.2) is 19.7 Å². The molecular formula is C21H18Cl4F2N6O4. The zero-order valence-corrected chi connectivity index (χ0v) is 21.8. The summed E-state index contributed by atoms with van der Waals surface area (Å²) in [5.41, 5.74) is 5.57. The predicted molar refractivity (Wildman–Crippen MR) is 135 cm³/mol. The van der Waals surface area contributed by atoms with E-state index in [9.17, 15) is 23.2 Å². The number of aromatic amines is 1. The number of pyridine rings is 2. The lowest BCUT2D eigenvalue weighted by Crippen LogP contribution is -2.26. The first-order valence-corrected chi connectivity index (χ1v) is 11.6. The zero-order chi connectivity index (χ0) is 28.1. The quantitative estimate of drug-likeness (QED) is 0.0970. The van der Waals surface area contributed by atoms with Crippen LogP contribution >= 0.6 is 46.4 Å². The van der Waals surface area contributed by atoms with E-state index in [0.29, 0.717) is 11.1 Å². The van der Waals surface area contributed by atoms with Crippen molar-refractivity contribution >= 4 is 64.0 Å². The Morgan fingerprint density at radius 1 is 1.16 bits per heavy atom. The number of amidine groups is 1. The summed E-state index contributed by atoms with van der Waals surface area (Å²) in [7, 11) is 1.15. The molecule has 0 aliphatic heterocycles. The minimum atomic E-state index is -1.26. The fourth-order valence-corrected chi connectivity index (χ4v) is 2.97. The number of alkyl halides is 3. The van der Waals surface area contributed by atoms with Gasteiger partial charge in [0.05, 0.1) is 24.6 Å². The Bertz CT molecular complexity index is 1300. The molecule has 16 heteroatoms. The summed E-state index contributed by atoms with van der Waals surface area (Å²) in [6.07, 6.45) is 2.55. The molecule has 198 valence electrons. The van der Waals surface area contributed by atoms with E-state index in [1.807, 2.05) is 0 Å². The van der Waals surface area contributed by atoms with Gasteiger partial charge >= 0.3 is 5.97 Å². The largest absolute Gasteiger partial charge is 0.468 e. The first-order chi connectivity index (χ1) is 17.4. The molecule has 4 N–H and O–H groups in total. The highest BCUT2D eigenvalue weighted by atomic mass is 35.5. The van der Waals surface area contributed by atoms with Crippen molar-refractivity contribution in [2.45, 2.75) is 11.3 Å². The molecule has 10 nitrogen and oxygen atoms in total. The molecule has 1 unspecified atom stereocenters. The number of nitrogens with one attached hydrogen (secondary N) is 2. The molecule has 0 bridgehead atoms. The topological polar surface area (TPSA) is 165 Å². The molecule has 37 heavy (non-hydrogen) atoms. The maximum Gasteiger partial charge on any atom is 0.331 e. The van der Waals surface area contributed by atoms with Gasteiger partial charge in [-0.15, -0.1) is 34.8 Å². The van der Waals surface area contributed by atoms with Crippen LogP contribution < -0.4 is 11.3 Å². The molecule has 0 aliphatic carbocycles. The number of nitrogens with zero attached hydrogens (tertiary/aromatic N) is 3. The van der Waals surface area contributed by atoms with Crippen molar-refractivity contribution in [1.82, 2.24) is 19.9 Å². The number of Topliss-reactive ketones (excluding diaryl/α,β-unsaturated/α-hetero) is 1. The third kappa shape index (κ3) is 10.4. The van der Waals surface area contributed by atoms with Gasteiger partial charge in [-0.2, -0.15) is 8.78 Å². The summed E-state index contributed by atoms with van der Waals surface area (Å²) in [4.78, 5) is 45.7. The van der Waals surface area contributed by atoms with Crippen molar-refractivity contribution < 1.29 is 23.1 Å². The average Bonchev–Trinajstić information content (AvgIpc) is 2.89. The molecule has 3 heterocycles. The molecular weight excluding hydrogens is 580 g/mol. The fraction of sp³-hybridized carbons (Fsp3) is 0.190. The number of methoxy groups -OCH3 is 1. The van der Waals surface area contributed by atoms with Crippen molar-refractivity contribution in [1.29, 1.82) is 5.41 Å². The van der Waals surface area contributed by atoms with Gasteiger partial charge in [0, 0.05) is 35.7 Å². The number of carbonyl (C=O) groups excluding carboxylic acids is 2. The number of aromatic nitrogens is 4. The number of carbonyl (C=O) groups is 2. The minimum Gasteiger partial charge on any atom is -0.468 e. The van der Waals surface area contributed by atoms with Crippen LogP contribution in [0.4, 0.5) is 8.78 Å². The molecule has 3 aromatic heterocycles. The van der Waals surface area contributed by atoms with Crippen LogP contribution in [-0.4, -0.2) is 55.9 Å². The molecule has 1 atom stereocenters. The number of nitrogens with two attached hydrogens (primary N) is 1. The van der Waals surface area contributed by atoms with Gasteiger partial charge in [0.15, 0.2) is 11.2 Å². The maximum absolute atomic E-state index is 12.9. The lowest BCUT2D eigenvalue weighted by atomic mass is 10.2. The molecule has 3 aromatic rings. The van der Waals surface area contributed by atoms with Gasteiger partial charge in [-0.1, -0.05) is 11.6 Å². The molecule has 0 fully saturated rings. The highest BCUT2D eigenvalue weighted by molar-refractivity contribution is 6.45. The van der Waals surface area contributed by atoms with Crippen LogP contribution in [0, 0.1) is 17.3 Å². The Morgan fingerprint density at radius 3 is 2.22 bits per heavy atom. The number of ether oxygens (including phenoxy) is 1. The van der Waals surface area contributed by atoms with Crippen LogP contribution in [0.5, 0.6) is 0 Å². The third-order valence-corrected chi connectivity index (χ3v) is 5.25. The van der Waals surface area contributed by atoms with E-state index in [4.69, 9.17) is 57.5 Å². The van der Waals surface area contributed by atoms with Crippen molar-refractivity contribution in [2.75, 3.05) is 13.0 Å². The molecule has 3 rings (SSSR count). The number of hydrogen-bond acceptors (Lipinski definition) is 8. The number of rotatable bonds is 6. The van der Waals surface area contributed by atoms with Crippen LogP contribution in [0.2, 0.25) is 5.02 Å². The number of halogens is 6. The Balaban J connectivity index is 0.000000297. The summed E-state index contributed by atoms with van der Waals surface area (Å²) < 4.78 is 29.4. The summed E-state index contributed by atoms with van der Waals surface area (Å²) in [5, 5.41) is 5.60. The van der Waals surface area contributed by atoms with E-state index >= 15 is 0 Å². The van der Waals surface area contributed by atoms with Crippen molar-refractivity contribution in [2.24, 2.45) is 5.73 Å². The van der Waals surface area contributed by atoms with Gasteiger partial charge in [-0.3, -0.25) is 15.0 Å². The highest BCUT2D eigenvalue weighted by Gasteiger charge is 2.23. The second kappa shape index (κ2) is 15.8. The molecule has 0 saturated carbocycles. The summed E-state index contributed by atoms with van der Waals surface area (Å²) in [6, 6.07) is 5.27. The normalized spacial score (nSPS) is 10.7. The lowest BCUT2D eigenvalue weighted by Gasteiger charge is -2.04. The molecule has 0 amide bonds. The fourth-order valence-electron chi connectivity index (χ4n) is 2.15. The molecule has 0 aliphatic rings. The maximum atomic E-state index is 12.9. The Labute approximate surface area is 228 Å². The number of hydrogen-bond donors (Lipinski definition) is 3. The van der Waals surface area contributed by atoms with Gasteiger partial charge in [0.2, 0.25) is 11.9 Å². The van der Waals surface area contributed by atoms with E-state index in [-0.39, 0.29) is 34.1 Å². The number of H-pyrrole nitrogens is 1. The van der Waals surface area contributed by atoms with E-state index in [0.717, 1.165) is 19.2 Å². The lowest BCUT2D eigenvalue weighted by molar-refractivity contribution is -0.142. The first kappa shape index (κ1) is 31.8. The van der Waals surface area contributed by atoms with Crippen LogP contribution in [0.15, 0.2) is 41.5 Å². The van der Waals surface area contributed by atoms with Gasteiger partial charge in [0.1, 0.15) is 16.7 Å². The second-order valence-corrected chi connectivity index (χ2v) is 7.79. The molecule has 0 spiro atoms. The number of ketones is 1. The molecule has 0 aromatic carbocycles. The Morgan fingerprint density at radius 2 is 1.76 bits per heavy atom. The van der Waals surface area contributed by atoms with Crippen LogP contribution in [0.3, 0.4) is 0 Å². The van der Waals surface area contributed by atoms with E-state index in [1.165, 1.54) is 24.5 Å². The predicted octanol–water partition coefficient (Wildman–Crippen LogP) is 3.44. The van der Waals surface area contributed by atoms with E-state index in [2.05, 4.69) is 24.7 Å². The van der Waals surface area contributed by atoms with Gasteiger partial charge < -0.3 is 15.5 Å². The summed E-state index contributed by atoms with van der Waals surface area (Å²) >= 11 is 21.7. The smallest absolute Gasteiger partial charge is 0.331 e. The second-order valence-electron chi connectivity index (χ2n) is 6.44. The standard InChI is InChI=1S/C10H6Cl2FN3O.C6H6FN3.C5H6Cl2O3/c11-4-6-8(12)10(17)16-9(15-6)5-1-2-14-7(13)3-5;7-5-3-4(6(8)9)1-2-10-5;1-10-5(9)4(7)3(8)2-6/h1-3H,4H2,(H,15,16,17);1-3H,(H3,8,9);4H,2H2,1H3. The monoisotopic (exact) mass is 596 g/mol. The van der Waals surface area contributed by atoms with E-state index in [1.54, 1.807) is 0 Å². The average molecular weight is 598 g/mol. The SMILES string of the molecule is COC(=O)C(Cl)C(=O)CCl.N=C(N)c1ccnc(F)c1.O=c1[nH]c(-c2ccnc(F)c2)nc(CCl)c1Cl. The van der Waals surface area contributed by atoms with Crippen molar-refractivity contribution in [3.05, 3.63) is 75.2 Å². The molecule has 0 radical (unpaired) electrons. The van der Waals surface area contributed by atoms with Crippen LogP contribution in [0.25, 0.3) is 11.4 Å². The van der Waals surface area contributed by atoms with Gasteiger partial charge in [0.25, 0.3) is 5.56 Å². The van der Waals surface area contributed by atoms with Gasteiger partial charge in [-0.05, 0) is 12.1 Å². The minimum absolute atomic E-state index is 0.00329. The number of nitrogen functional groups attached to an aromatic ring is 1. The van der Waals surface area contributed by atoms with Crippen molar-refractivity contribution in [3.8, 4) is 11.4 Å². The Kier molecular flexibility index (Phi) is 13.6. The van der Waals surface area contributed by atoms with E-state index < -0.39 is 34.6 Å². The summed E-state index contributed by atoms with van der Waals surface area (Å²) in [6.45, 7) is 0. The van der Waals surface area contributed by atoms with Crippen LogP contribution in [0.1, 0.15) is 11.3 Å². The third-order valence-electron chi connectivity index (χ3n) is 3.92. The van der Waals surface area contributed by atoms with Crippen molar-refractivity contribution in [3.63, 3.8) is 0 Å². The zero-order valence-electron chi connectivity index (χ0n) is 18.8. The summed E-state index contributed by atoms with van der Waals surface area (Å²) in [5.74, 6) is -2.81. The highest BCUT2D eigenvalue weighted by Crippen LogP contribution is 2.17.